The normalized spacial score (nSPS) is 11.1. The fourth-order valence-electron chi connectivity index (χ4n) is 1.82. The molecule has 0 bridgehead atoms. The van der Waals surface area contributed by atoms with E-state index in [-0.39, 0.29) is 17.8 Å². The maximum Gasteiger partial charge on any atom is 0.206 e. The van der Waals surface area contributed by atoms with Gasteiger partial charge in [0.05, 0.1) is 11.8 Å². The van der Waals surface area contributed by atoms with Crippen molar-refractivity contribution in [2.75, 3.05) is 0 Å². The largest absolute Gasteiger partial charge is 0.491 e. The molecule has 0 saturated carbocycles. The van der Waals surface area contributed by atoms with Crippen LogP contribution in [0.3, 0.4) is 0 Å². The molecule has 0 unspecified atom stereocenters. The first kappa shape index (κ1) is 14.7. The number of carbonyl (C=O) groups excluding carboxylic acids is 1. The first-order chi connectivity index (χ1) is 9.49. The third-order valence-electron chi connectivity index (χ3n) is 2.75. The second-order valence-electron chi connectivity index (χ2n) is 5.16. The summed E-state index contributed by atoms with van der Waals surface area (Å²) in [6, 6.07) is 7.20. The lowest BCUT2D eigenvalue weighted by Crippen LogP contribution is -2.07. The summed E-state index contributed by atoms with van der Waals surface area (Å²) >= 11 is 1.15. The van der Waals surface area contributed by atoms with Gasteiger partial charge < -0.3 is 4.74 Å². The van der Waals surface area contributed by atoms with Gasteiger partial charge in [-0.2, -0.15) is 0 Å². The maximum absolute atomic E-state index is 12.5. The average molecular weight is 290 g/mol. The molecule has 0 aliphatic rings. The number of ether oxygens (including phenoxy) is 1. The zero-order valence-electron chi connectivity index (χ0n) is 12.1. The minimum absolute atomic E-state index is 0.0280. The lowest BCUT2D eigenvalue weighted by Gasteiger charge is -2.09. The molecule has 20 heavy (non-hydrogen) atoms. The van der Waals surface area contributed by atoms with E-state index in [9.17, 15) is 4.79 Å². The Morgan fingerprint density at radius 3 is 2.35 bits per heavy atom. The molecule has 0 spiro atoms. The van der Waals surface area contributed by atoms with Crippen LogP contribution in [0.25, 0.3) is 0 Å². The van der Waals surface area contributed by atoms with Crippen LogP contribution in [-0.2, 0) is 0 Å². The first-order valence-corrected chi connectivity index (χ1v) is 7.40. The molecule has 0 aliphatic carbocycles. The molecule has 0 fully saturated rings. The topological polar surface area (TPSA) is 52.1 Å². The van der Waals surface area contributed by atoms with Crippen LogP contribution in [0.4, 0.5) is 0 Å². The number of ketones is 1. The van der Waals surface area contributed by atoms with Crippen molar-refractivity contribution in [1.82, 2.24) is 9.59 Å². The van der Waals surface area contributed by atoms with Gasteiger partial charge in [-0.15, -0.1) is 5.10 Å². The second-order valence-corrected chi connectivity index (χ2v) is 5.92. The molecule has 0 N–H and O–H groups in total. The molecule has 0 atom stereocenters. The molecule has 4 nitrogen and oxygen atoms in total. The Bertz CT molecular complexity index is 588. The Kier molecular flexibility index (Phi) is 4.49. The van der Waals surface area contributed by atoms with Crippen LogP contribution in [0.1, 0.15) is 54.5 Å². The van der Waals surface area contributed by atoms with Crippen molar-refractivity contribution in [3.05, 3.63) is 40.4 Å². The summed E-state index contributed by atoms with van der Waals surface area (Å²) in [6.07, 6.45) is 0.120. The molecular weight excluding hydrogens is 272 g/mol. The molecule has 2 aromatic rings. The average Bonchev–Trinajstić information content (AvgIpc) is 2.87. The fourth-order valence-corrected chi connectivity index (χ4v) is 2.60. The van der Waals surface area contributed by atoms with Gasteiger partial charge in [0.25, 0.3) is 0 Å². The first-order valence-electron chi connectivity index (χ1n) is 6.62. The Labute approximate surface area is 123 Å². The second kappa shape index (κ2) is 6.13. The van der Waals surface area contributed by atoms with Crippen molar-refractivity contribution < 1.29 is 9.53 Å². The van der Waals surface area contributed by atoms with Crippen molar-refractivity contribution in [2.45, 2.75) is 39.7 Å². The van der Waals surface area contributed by atoms with Crippen molar-refractivity contribution in [1.29, 1.82) is 0 Å². The number of aromatic nitrogens is 2. The van der Waals surface area contributed by atoms with Crippen LogP contribution in [-0.4, -0.2) is 21.5 Å². The predicted octanol–water partition coefficient (Wildman–Crippen LogP) is 3.68. The molecule has 0 radical (unpaired) electrons. The third-order valence-corrected chi connectivity index (χ3v) is 3.50. The Hall–Kier alpha value is -1.75. The third kappa shape index (κ3) is 3.22. The van der Waals surface area contributed by atoms with Crippen molar-refractivity contribution in [2.24, 2.45) is 0 Å². The lowest BCUT2D eigenvalue weighted by molar-refractivity contribution is 0.104. The molecule has 0 saturated heterocycles. The zero-order chi connectivity index (χ0) is 14.7. The van der Waals surface area contributed by atoms with E-state index < -0.39 is 0 Å². The van der Waals surface area contributed by atoms with Gasteiger partial charge in [0.1, 0.15) is 10.6 Å². The highest BCUT2D eigenvalue weighted by Gasteiger charge is 2.20. The number of nitrogens with zero attached hydrogens (tertiary/aromatic N) is 2. The molecule has 1 heterocycles. The molecule has 1 aromatic carbocycles. The van der Waals surface area contributed by atoms with E-state index in [0.29, 0.717) is 10.4 Å². The standard InChI is InChI=1S/C15H18N2O2S/c1-9(2)13-15(20-17-16-13)14(18)11-5-7-12(8-6-11)19-10(3)4/h5-10H,1-4H3. The molecular formula is C15H18N2O2S. The number of benzene rings is 1. The van der Waals surface area contributed by atoms with Crippen molar-refractivity contribution in [3.8, 4) is 5.75 Å². The van der Waals surface area contributed by atoms with E-state index in [2.05, 4.69) is 9.59 Å². The summed E-state index contributed by atoms with van der Waals surface area (Å²) in [5.41, 5.74) is 1.40. The number of carbonyl (C=O) groups is 1. The van der Waals surface area contributed by atoms with Gasteiger partial charge in [0, 0.05) is 5.56 Å². The van der Waals surface area contributed by atoms with Gasteiger partial charge in [-0.1, -0.05) is 18.3 Å². The van der Waals surface area contributed by atoms with Gasteiger partial charge in [-0.05, 0) is 55.6 Å². The summed E-state index contributed by atoms with van der Waals surface area (Å²) in [4.78, 5) is 13.1. The Balaban J connectivity index is 2.23. The van der Waals surface area contributed by atoms with E-state index in [1.807, 2.05) is 39.8 Å². The van der Waals surface area contributed by atoms with Crippen LogP contribution in [0.2, 0.25) is 0 Å². The van der Waals surface area contributed by atoms with Crippen LogP contribution in [0.15, 0.2) is 24.3 Å². The number of hydrogen-bond donors (Lipinski definition) is 0. The molecule has 2 rings (SSSR count). The van der Waals surface area contributed by atoms with E-state index in [1.54, 1.807) is 12.1 Å². The Morgan fingerprint density at radius 1 is 1.15 bits per heavy atom. The summed E-state index contributed by atoms with van der Waals surface area (Å²) < 4.78 is 9.46. The minimum atomic E-state index is -0.0280. The monoisotopic (exact) mass is 290 g/mol. The SMILES string of the molecule is CC(C)Oc1ccc(C(=O)c2snnc2C(C)C)cc1. The Morgan fingerprint density at radius 2 is 1.80 bits per heavy atom. The highest BCUT2D eigenvalue weighted by Crippen LogP contribution is 2.24. The summed E-state index contributed by atoms with van der Waals surface area (Å²) in [6.45, 7) is 7.95. The van der Waals surface area contributed by atoms with Gasteiger partial charge >= 0.3 is 0 Å². The van der Waals surface area contributed by atoms with Crippen LogP contribution >= 0.6 is 11.5 Å². The van der Waals surface area contributed by atoms with E-state index in [0.717, 1.165) is 23.0 Å². The quantitative estimate of drug-likeness (QED) is 0.788. The highest BCUT2D eigenvalue weighted by atomic mass is 32.1. The van der Waals surface area contributed by atoms with Crippen molar-refractivity contribution >= 4 is 17.3 Å². The van der Waals surface area contributed by atoms with Crippen molar-refractivity contribution in [3.63, 3.8) is 0 Å². The minimum Gasteiger partial charge on any atom is -0.491 e. The number of hydrogen-bond acceptors (Lipinski definition) is 5. The molecule has 5 heteroatoms. The lowest BCUT2D eigenvalue weighted by atomic mass is 10.0. The van der Waals surface area contributed by atoms with E-state index >= 15 is 0 Å². The van der Waals surface area contributed by atoms with E-state index in [1.165, 1.54) is 0 Å². The maximum atomic E-state index is 12.5. The van der Waals surface area contributed by atoms with Crippen LogP contribution in [0.5, 0.6) is 5.75 Å². The van der Waals surface area contributed by atoms with Crippen LogP contribution < -0.4 is 4.74 Å². The summed E-state index contributed by atoms with van der Waals surface area (Å²) in [5.74, 6) is 0.930. The highest BCUT2D eigenvalue weighted by molar-refractivity contribution is 7.08. The van der Waals surface area contributed by atoms with Gasteiger partial charge in [-0.3, -0.25) is 4.79 Å². The van der Waals surface area contributed by atoms with E-state index in [4.69, 9.17) is 4.74 Å². The van der Waals surface area contributed by atoms with Crippen LogP contribution in [0, 0.1) is 0 Å². The smallest absolute Gasteiger partial charge is 0.206 e. The van der Waals surface area contributed by atoms with Gasteiger partial charge in [0.15, 0.2) is 0 Å². The molecule has 1 aromatic heterocycles. The summed E-state index contributed by atoms with van der Waals surface area (Å²) in [7, 11) is 0. The summed E-state index contributed by atoms with van der Waals surface area (Å²) in [5, 5.41) is 4.04. The van der Waals surface area contributed by atoms with Gasteiger partial charge in [0.2, 0.25) is 5.78 Å². The molecule has 106 valence electrons. The molecule has 0 aliphatic heterocycles. The molecule has 0 amide bonds. The van der Waals surface area contributed by atoms with Gasteiger partial charge in [-0.25, -0.2) is 0 Å². The number of rotatable bonds is 5. The predicted molar refractivity (Wildman–Crippen MR) is 79.6 cm³/mol. The fraction of sp³-hybridized carbons (Fsp3) is 0.400. The zero-order valence-corrected chi connectivity index (χ0v) is 12.9.